The zero-order chi connectivity index (χ0) is 22.3. The molecule has 2 aliphatic rings. The van der Waals surface area contributed by atoms with Crippen molar-refractivity contribution >= 4 is 43.7 Å². The van der Waals surface area contributed by atoms with Crippen molar-refractivity contribution < 1.29 is 17.9 Å². The minimum absolute atomic E-state index is 0.0403. The highest BCUT2D eigenvalue weighted by Gasteiger charge is 2.46. The van der Waals surface area contributed by atoms with Crippen molar-refractivity contribution in [3.8, 4) is 6.07 Å². The van der Waals surface area contributed by atoms with Crippen molar-refractivity contribution in [3.05, 3.63) is 24.5 Å². The van der Waals surface area contributed by atoms with E-state index in [1.165, 1.54) is 18.5 Å². The molecule has 1 saturated carbocycles. The monoisotopic (exact) mass is 455 g/mol. The van der Waals surface area contributed by atoms with Crippen molar-refractivity contribution in [1.82, 2.24) is 25.0 Å². The van der Waals surface area contributed by atoms with Crippen LogP contribution < -0.4 is 15.4 Å². The fourth-order valence-corrected chi connectivity index (χ4v) is 5.19. The predicted molar refractivity (Wildman–Crippen MR) is 115 cm³/mol. The summed E-state index contributed by atoms with van der Waals surface area (Å²) in [6.07, 6.45) is 2.31. The molecule has 1 aliphatic carbocycles. The van der Waals surface area contributed by atoms with Gasteiger partial charge in [-0.15, -0.1) is 0 Å². The number of rotatable bonds is 6. The van der Waals surface area contributed by atoms with Gasteiger partial charge < -0.3 is 20.4 Å². The van der Waals surface area contributed by atoms with Crippen molar-refractivity contribution in [2.75, 3.05) is 25.0 Å². The summed E-state index contributed by atoms with van der Waals surface area (Å²) >= 11 is 0. The largest absolute Gasteiger partial charge is 0.375 e. The van der Waals surface area contributed by atoms with E-state index >= 15 is 0 Å². The van der Waals surface area contributed by atoms with Gasteiger partial charge in [0.05, 0.1) is 35.5 Å². The Morgan fingerprint density at radius 3 is 2.91 bits per heavy atom. The van der Waals surface area contributed by atoms with E-state index < -0.39 is 15.6 Å². The number of H-pyrrole nitrogens is 1. The Labute approximate surface area is 183 Å². The van der Waals surface area contributed by atoms with Gasteiger partial charge in [0.15, 0.2) is 0 Å². The lowest BCUT2D eigenvalue weighted by molar-refractivity contribution is -0.119. The number of nitrogens with one attached hydrogen (secondary N) is 4. The van der Waals surface area contributed by atoms with Crippen LogP contribution in [0.1, 0.15) is 19.3 Å². The second-order valence-corrected chi connectivity index (χ2v) is 9.71. The first-order valence-electron chi connectivity index (χ1n) is 10.2. The first-order chi connectivity index (χ1) is 15.4. The fraction of sp³-hybridized carbons (Fsp3) is 0.400. The number of carbonyl (C=O) groups excluding carboxylic acids is 1. The third-order valence-electron chi connectivity index (χ3n) is 5.64. The van der Waals surface area contributed by atoms with Crippen LogP contribution in [0.2, 0.25) is 0 Å². The summed E-state index contributed by atoms with van der Waals surface area (Å²) in [5, 5.41) is 16.5. The quantitative estimate of drug-likeness (QED) is 0.423. The summed E-state index contributed by atoms with van der Waals surface area (Å²) in [6, 6.07) is 6.61. The molecule has 3 aromatic rings. The molecule has 1 saturated heterocycles. The van der Waals surface area contributed by atoms with Crippen LogP contribution in [0.3, 0.4) is 0 Å². The van der Waals surface area contributed by atoms with Gasteiger partial charge in [-0.2, -0.15) is 9.98 Å². The molecule has 1 unspecified atom stereocenters. The number of amides is 1. The Morgan fingerprint density at radius 2 is 2.19 bits per heavy atom. The Kier molecular flexibility index (Phi) is 5.06. The van der Waals surface area contributed by atoms with Gasteiger partial charge in [-0.05, 0) is 25.0 Å². The molecule has 1 aliphatic heterocycles. The average Bonchev–Trinajstić information content (AvgIpc) is 3.43. The van der Waals surface area contributed by atoms with Gasteiger partial charge in [0.1, 0.15) is 23.3 Å². The van der Waals surface area contributed by atoms with Crippen LogP contribution in [-0.2, 0) is 19.6 Å². The average molecular weight is 456 g/mol. The molecule has 11 nitrogen and oxygen atoms in total. The second-order valence-electron chi connectivity index (χ2n) is 8.03. The number of aromatic amines is 1. The molecule has 2 fully saturated rings. The maximum atomic E-state index is 12.7. The van der Waals surface area contributed by atoms with Crippen LogP contribution in [0.15, 0.2) is 29.4 Å². The summed E-state index contributed by atoms with van der Waals surface area (Å²) in [4.78, 5) is 24.1. The number of sulfonamides is 1. The Morgan fingerprint density at radius 1 is 1.34 bits per heavy atom. The SMILES string of the molecule is N#CC1(NS(=O)(=O)c2ccc3c(c2)[nH]c2ncnc(NC(=O)CC4CNCCO4)c23)CC1. The van der Waals surface area contributed by atoms with Gasteiger partial charge >= 0.3 is 0 Å². The second kappa shape index (κ2) is 7.79. The first-order valence-corrected chi connectivity index (χ1v) is 11.7. The highest BCUT2D eigenvalue weighted by atomic mass is 32.2. The van der Waals surface area contributed by atoms with Crippen molar-refractivity contribution in [2.45, 2.75) is 35.8 Å². The Bertz CT molecular complexity index is 1350. The van der Waals surface area contributed by atoms with E-state index in [9.17, 15) is 18.5 Å². The summed E-state index contributed by atoms with van der Waals surface area (Å²) in [7, 11) is -3.86. The molecule has 3 heterocycles. The minimum atomic E-state index is -3.86. The van der Waals surface area contributed by atoms with Crippen LogP contribution >= 0.6 is 0 Å². The van der Waals surface area contributed by atoms with E-state index in [-0.39, 0.29) is 23.3 Å². The van der Waals surface area contributed by atoms with E-state index in [1.807, 2.05) is 6.07 Å². The fourth-order valence-electron chi connectivity index (χ4n) is 3.79. The number of anilines is 1. The molecule has 1 aromatic carbocycles. The maximum Gasteiger partial charge on any atom is 0.242 e. The number of morpholine rings is 1. The summed E-state index contributed by atoms with van der Waals surface area (Å²) in [5.74, 6) is 0.104. The van der Waals surface area contributed by atoms with Crippen molar-refractivity contribution in [3.63, 3.8) is 0 Å². The topological polar surface area (TPSA) is 162 Å². The van der Waals surface area contributed by atoms with Gasteiger partial charge in [0.2, 0.25) is 15.9 Å². The van der Waals surface area contributed by atoms with Crippen LogP contribution in [0, 0.1) is 11.3 Å². The highest BCUT2D eigenvalue weighted by molar-refractivity contribution is 7.89. The third-order valence-corrected chi connectivity index (χ3v) is 7.17. The normalized spacial score (nSPS) is 20.2. The van der Waals surface area contributed by atoms with E-state index in [2.05, 4.69) is 30.3 Å². The highest BCUT2D eigenvalue weighted by Crippen LogP contribution is 2.36. The molecular formula is C20H21N7O4S. The molecule has 0 bridgehead atoms. The lowest BCUT2D eigenvalue weighted by atomic mass is 10.2. The number of aromatic nitrogens is 3. The molecule has 0 radical (unpaired) electrons. The zero-order valence-corrected chi connectivity index (χ0v) is 17.8. The number of hydrogen-bond acceptors (Lipinski definition) is 8. The molecule has 0 spiro atoms. The zero-order valence-electron chi connectivity index (χ0n) is 17.0. The van der Waals surface area contributed by atoms with E-state index in [0.29, 0.717) is 53.7 Å². The van der Waals surface area contributed by atoms with Crippen LogP contribution in [-0.4, -0.2) is 60.6 Å². The molecule has 1 amide bonds. The predicted octanol–water partition coefficient (Wildman–Crippen LogP) is 0.763. The maximum absolute atomic E-state index is 12.7. The standard InChI is InChI=1S/C20H21N7O4S/c21-10-20(3-4-20)27-32(29,30)13-1-2-14-15(8-13)25-18-17(14)19(24-11-23-18)26-16(28)7-12-9-22-5-6-31-12/h1-2,8,11-12,22,27H,3-7,9H2,(H2,23,24,25,26,28). The van der Waals surface area contributed by atoms with Crippen LogP contribution in [0.25, 0.3) is 21.9 Å². The molecule has 5 rings (SSSR count). The number of ether oxygens (including phenoxy) is 1. The lowest BCUT2D eigenvalue weighted by Gasteiger charge is -2.22. The smallest absolute Gasteiger partial charge is 0.242 e. The Hall–Kier alpha value is -3.11. The first kappa shape index (κ1) is 20.8. The molecule has 2 aromatic heterocycles. The van der Waals surface area contributed by atoms with Gasteiger partial charge in [0, 0.05) is 24.0 Å². The number of nitriles is 1. The minimum Gasteiger partial charge on any atom is -0.375 e. The van der Waals surface area contributed by atoms with E-state index in [1.54, 1.807) is 6.07 Å². The van der Waals surface area contributed by atoms with Crippen LogP contribution in [0.4, 0.5) is 5.82 Å². The number of fused-ring (bicyclic) bond motifs is 3. The Balaban J connectivity index is 1.44. The van der Waals surface area contributed by atoms with Crippen molar-refractivity contribution in [2.24, 2.45) is 0 Å². The van der Waals surface area contributed by atoms with Gasteiger partial charge in [-0.3, -0.25) is 4.79 Å². The van der Waals surface area contributed by atoms with E-state index in [4.69, 9.17) is 4.74 Å². The summed E-state index contributed by atoms with van der Waals surface area (Å²) < 4.78 is 33.5. The lowest BCUT2D eigenvalue weighted by Crippen LogP contribution is -2.40. The van der Waals surface area contributed by atoms with Crippen LogP contribution in [0.5, 0.6) is 0 Å². The number of nitrogens with zero attached hydrogens (tertiary/aromatic N) is 3. The molecule has 166 valence electrons. The van der Waals surface area contributed by atoms with Gasteiger partial charge in [-0.1, -0.05) is 6.07 Å². The molecule has 4 N–H and O–H groups in total. The number of hydrogen-bond donors (Lipinski definition) is 4. The summed E-state index contributed by atoms with van der Waals surface area (Å²) in [5.41, 5.74) is -0.00562. The molecular weight excluding hydrogens is 434 g/mol. The van der Waals surface area contributed by atoms with Crippen molar-refractivity contribution in [1.29, 1.82) is 5.26 Å². The number of benzene rings is 1. The molecule has 12 heteroatoms. The number of carbonyl (C=O) groups is 1. The van der Waals surface area contributed by atoms with Gasteiger partial charge in [0.25, 0.3) is 0 Å². The van der Waals surface area contributed by atoms with E-state index in [0.717, 1.165) is 6.54 Å². The molecule has 32 heavy (non-hydrogen) atoms. The van der Waals surface area contributed by atoms with Gasteiger partial charge in [-0.25, -0.2) is 18.4 Å². The third kappa shape index (κ3) is 3.91. The molecule has 1 atom stereocenters. The summed E-state index contributed by atoms with van der Waals surface area (Å²) in [6.45, 7) is 1.94.